The molecule has 2 amide bonds. The van der Waals surface area contributed by atoms with Crippen LogP contribution in [0.25, 0.3) is 0 Å². The third-order valence-corrected chi connectivity index (χ3v) is 6.82. The van der Waals surface area contributed by atoms with Gasteiger partial charge in [0.05, 0.1) is 13.7 Å². The van der Waals surface area contributed by atoms with Gasteiger partial charge in [0, 0.05) is 56.0 Å². The van der Waals surface area contributed by atoms with Gasteiger partial charge in [-0.1, -0.05) is 12.5 Å². The van der Waals surface area contributed by atoms with E-state index in [2.05, 4.69) is 10.3 Å². The minimum absolute atomic E-state index is 0.194. The third-order valence-electron chi connectivity index (χ3n) is 6.82. The fourth-order valence-corrected chi connectivity index (χ4v) is 4.80. The highest BCUT2D eigenvalue weighted by Crippen LogP contribution is 2.41. The van der Waals surface area contributed by atoms with E-state index >= 15 is 0 Å². The summed E-state index contributed by atoms with van der Waals surface area (Å²) in [5.74, 6) is 1.81. The highest BCUT2D eigenvalue weighted by molar-refractivity contribution is 5.94. The SMILES string of the molecule is COc1cccc(NC(=O)C2Cn3ccnc3C3(CCN(C(=O)C4CCC4)CC3)O2)c1. The highest BCUT2D eigenvalue weighted by atomic mass is 16.5. The van der Waals surface area contributed by atoms with Crippen LogP contribution < -0.4 is 10.1 Å². The molecule has 1 aliphatic carbocycles. The van der Waals surface area contributed by atoms with Crippen molar-refractivity contribution in [3.8, 4) is 5.75 Å². The van der Waals surface area contributed by atoms with Crippen molar-refractivity contribution in [3.05, 3.63) is 42.5 Å². The van der Waals surface area contributed by atoms with Crippen LogP contribution in [0.15, 0.2) is 36.7 Å². The molecule has 1 aromatic heterocycles. The Kier molecular flexibility index (Phi) is 5.17. The highest BCUT2D eigenvalue weighted by Gasteiger charge is 2.48. The summed E-state index contributed by atoms with van der Waals surface area (Å²) in [7, 11) is 1.59. The van der Waals surface area contributed by atoms with E-state index in [1.165, 1.54) is 0 Å². The van der Waals surface area contributed by atoms with Gasteiger partial charge >= 0.3 is 0 Å². The van der Waals surface area contributed by atoms with Gasteiger partial charge in [0.25, 0.3) is 5.91 Å². The van der Waals surface area contributed by atoms with Gasteiger partial charge in [0.1, 0.15) is 17.2 Å². The minimum atomic E-state index is -0.644. The molecule has 1 spiro atoms. The quantitative estimate of drug-likeness (QED) is 0.815. The lowest BCUT2D eigenvalue weighted by Crippen LogP contribution is -2.54. The molecular weight excluding hydrogens is 396 g/mol. The van der Waals surface area contributed by atoms with Crippen LogP contribution in [0.1, 0.15) is 37.9 Å². The number of carbonyl (C=O) groups excluding carboxylic acids is 2. The minimum Gasteiger partial charge on any atom is -0.497 e. The number of fused-ring (bicyclic) bond motifs is 2. The molecule has 1 aromatic carbocycles. The number of imidazole rings is 1. The molecular formula is C23H28N4O4. The Morgan fingerprint density at radius 3 is 2.77 bits per heavy atom. The van der Waals surface area contributed by atoms with Crippen LogP contribution in [0.3, 0.4) is 0 Å². The van der Waals surface area contributed by atoms with Gasteiger partial charge in [0.2, 0.25) is 5.91 Å². The van der Waals surface area contributed by atoms with E-state index < -0.39 is 11.7 Å². The van der Waals surface area contributed by atoms with E-state index in [1.807, 2.05) is 33.9 Å². The van der Waals surface area contributed by atoms with Gasteiger partial charge in [0.15, 0.2) is 6.10 Å². The number of benzene rings is 1. The molecule has 8 nitrogen and oxygen atoms in total. The van der Waals surface area contributed by atoms with Crippen LogP contribution in [0.4, 0.5) is 5.69 Å². The molecule has 3 aliphatic rings. The average Bonchev–Trinajstić information content (AvgIpc) is 3.23. The van der Waals surface area contributed by atoms with Gasteiger partial charge in [-0.15, -0.1) is 0 Å². The maximum atomic E-state index is 13.1. The van der Waals surface area contributed by atoms with Gasteiger partial charge in [-0.25, -0.2) is 4.98 Å². The van der Waals surface area contributed by atoms with Crippen molar-refractivity contribution >= 4 is 17.5 Å². The Bertz CT molecular complexity index is 975. The summed E-state index contributed by atoms with van der Waals surface area (Å²) in [6, 6.07) is 7.27. The van der Waals surface area contributed by atoms with E-state index in [1.54, 1.807) is 19.4 Å². The number of amides is 2. The summed E-state index contributed by atoms with van der Waals surface area (Å²) < 4.78 is 13.7. The molecule has 1 atom stereocenters. The van der Waals surface area contributed by atoms with Crippen molar-refractivity contribution in [2.75, 3.05) is 25.5 Å². The summed E-state index contributed by atoms with van der Waals surface area (Å²) in [6.07, 6.45) is 7.48. The number of carbonyl (C=O) groups is 2. The average molecular weight is 425 g/mol. The summed E-state index contributed by atoms with van der Waals surface area (Å²) in [5.41, 5.74) is 0.0217. The zero-order chi connectivity index (χ0) is 21.4. The Hall–Kier alpha value is -2.87. The number of nitrogens with zero attached hydrogens (tertiary/aromatic N) is 3. The normalized spacial score (nSPS) is 22.5. The number of anilines is 1. The first-order valence-corrected chi connectivity index (χ1v) is 11.0. The number of methoxy groups -OCH3 is 1. The first-order valence-electron chi connectivity index (χ1n) is 11.0. The lowest BCUT2D eigenvalue weighted by Gasteiger charge is -2.46. The Balaban J connectivity index is 1.31. The first kappa shape index (κ1) is 20.1. The lowest BCUT2D eigenvalue weighted by molar-refractivity contribution is -0.174. The van der Waals surface area contributed by atoms with E-state index in [0.29, 0.717) is 43.9 Å². The van der Waals surface area contributed by atoms with Crippen LogP contribution in [0, 0.1) is 5.92 Å². The molecule has 2 aromatic rings. The topological polar surface area (TPSA) is 85.7 Å². The monoisotopic (exact) mass is 424 g/mol. The van der Waals surface area contributed by atoms with Gasteiger partial charge in [-0.2, -0.15) is 0 Å². The van der Waals surface area contributed by atoms with Crippen molar-refractivity contribution in [2.24, 2.45) is 5.92 Å². The largest absolute Gasteiger partial charge is 0.497 e. The van der Waals surface area contributed by atoms with Crippen LogP contribution in [0.2, 0.25) is 0 Å². The Morgan fingerprint density at radius 1 is 1.26 bits per heavy atom. The molecule has 2 aliphatic heterocycles. The second-order valence-electron chi connectivity index (χ2n) is 8.68. The van der Waals surface area contributed by atoms with E-state index in [9.17, 15) is 9.59 Å². The van der Waals surface area contributed by atoms with Crippen molar-refractivity contribution < 1.29 is 19.1 Å². The predicted molar refractivity (Wildman–Crippen MR) is 114 cm³/mol. The number of likely N-dealkylation sites (tertiary alicyclic amines) is 1. The van der Waals surface area contributed by atoms with Crippen LogP contribution in [-0.2, 0) is 26.5 Å². The molecule has 1 saturated heterocycles. The zero-order valence-electron chi connectivity index (χ0n) is 17.8. The van der Waals surface area contributed by atoms with Gasteiger partial charge < -0.3 is 24.3 Å². The standard InChI is InChI=1S/C23H28N4O4/c1-30-18-7-3-6-17(14-18)25-20(28)19-15-27-13-10-24-22(27)23(31-19)8-11-26(12-9-23)21(29)16-4-2-5-16/h3,6-7,10,13-14,16,19H,2,4-5,8-9,11-12,15H2,1H3,(H,25,28). The number of hydrogen-bond acceptors (Lipinski definition) is 5. The number of ether oxygens (including phenoxy) is 2. The van der Waals surface area contributed by atoms with Crippen LogP contribution in [0.5, 0.6) is 5.75 Å². The maximum absolute atomic E-state index is 13.1. The number of piperidine rings is 1. The summed E-state index contributed by atoms with van der Waals surface area (Å²) >= 11 is 0. The summed E-state index contributed by atoms with van der Waals surface area (Å²) in [6.45, 7) is 1.68. The van der Waals surface area contributed by atoms with E-state index in [0.717, 1.165) is 25.1 Å². The maximum Gasteiger partial charge on any atom is 0.255 e. The third kappa shape index (κ3) is 3.69. The zero-order valence-corrected chi connectivity index (χ0v) is 17.8. The smallest absolute Gasteiger partial charge is 0.255 e. The van der Waals surface area contributed by atoms with Crippen molar-refractivity contribution in [3.63, 3.8) is 0 Å². The Morgan fingerprint density at radius 2 is 2.06 bits per heavy atom. The Labute approximate surface area is 181 Å². The number of nitrogens with one attached hydrogen (secondary N) is 1. The lowest BCUT2D eigenvalue weighted by atomic mass is 9.82. The fraction of sp³-hybridized carbons (Fsp3) is 0.522. The molecule has 1 saturated carbocycles. The molecule has 3 heterocycles. The second-order valence-corrected chi connectivity index (χ2v) is 8.68. The van der Waals surface area contributed by atoms with Gasteiger partial charge in [-0.3, -0.25) is 9.59 Å². The molecule has 2 fully saturated rings. The second kappa shape index (κ2) is 8.00. The molecule has 0 bridgehead atoms. The molecule has 0 radical (unpaired) electrons. The summed E-state index contributed by atoms with van der Waals surface area (Å²) in [4.78, 5) is 32.2. The van der Waals surface area contributed by atoms with Crippen LogP contribution in [-0.4, -0.2) is 52.6 Å². The molecule has 1 N–H and O–H groups in total. The van der Waals surface area contributed by atoms with Crippen molar-refractivity contribution in [1.29, 1.82) is 0 Å². The predicted octanol–water partition coefficient (Wildman–Crippen LogP) is 2.55. The van der Waals surface area contributed by atoms with Gasteiger partial charge in [-0.05, 0) is 25.0 Å². The fourth-order valence-electron chi connectivity index (χ4n) is 4.80. The van der Waals surface area contributed by atoms with Crippen molar-refractivity contribution in [2.45, 2.75) is 50.4 Å². The molecule has 5 rings (SSSR count). The summed E-state index contributed by atoms with van der Waals surface area (Å²) in [5, 5.41) is 2.95. The number of rotatable bonds is 4. The van der Waals surface area contributed by atoms with Crippen molar-refractivity contribution in [1.82, 2.24) is 14.5 Å². The van der Waals surface area contributed by atoms with E-state index in [4.69, 9.17) is 9.47 Å². The molecule has 1 unspecified atom stereocenters. The molecule has 8 heteroatoms. The van der Waals surface area contributed by atoms with Crippen LogP contribution >= 0.6 is 0 Å². The van der Waals surface area contributed by atoms with E-state index in [-0.39, 0.29) is 17.7 Å². The molecule has 164 valence electrons. The number of hydrogen-bond donors (Lipinski definition) is 1. The number of aromatic nitrogens is 2. The molecule has 31 heavy (non-hydrogen) atoms. The first-order chi connectivity index (χ1) is 15.1.